The third-order valence-electron chi connectivity index (χ3n) is 1.08. The summed E-state index contributed by atoms with van der Waals surface area (Å²) in [6.45, 7) is 2.37. The van der Waals surface area contributed by atoms with Gasteiger partial charge in [0.2, 0.25) is 0 Å². The number of hydrogen-bond donors (Lipinski definition) is 0. The van der Waals surface area contributed by atoms with Gasteiger partial charge in [0.25, 0.3) is 0 Å². The normalized spacial score (nSPS) is 23.6. The molecule has 0 aliphatic carbocycles. The minimum absolute atomic E-state index is 0.587. The van der Waals surface area contributed by atoms with Gasteiger partial charge >= 0.3 is 0 Å². The molecule has 0 atom stereocenters. The molecule has 0 aromatic carbocycles. The van der Waals surface area contributed by atoms with Crippen LogP contribution in [0.2, 0.25) is 0 Å². The summed E-state index contributed by atoms with van der Waals surface area (Å²) in [4.78, 5) is 3.69. The third-order valence-corrected chi connectivity index (χ3v) is 1.08. The van der Waals surface area contributed by atoms with E-state index in [1.807, 2.05) is 0 Å². The number of ether oxygens (including phenoxy) is 1. The zero-order valence-electron chi connectivity index (χ0n) is 4.50. The number of morpholine rings is 1. The van der Waals surface area contributed by atoms with Crippen molar-refractivity contribution in [2.75, 3.05) is 26.3 Å². The quantitative estimate of drug-likeness (QED) is 0.347. The zero-order valence-corrected chi connectivity index (χ0v) is 4.50. The fraction of sp³-hybridized carbons (Fsp3) is 1.00. The summed E-state index contributed by atoms with van der Waals surface area (Å²) in [7, 11) is 0. The van der Waals surface area contributed by atoms with E-state index in [4.69, 9.17) is 4.74 Å². The van der Waals surface area contributed by atoms with Crippen molar-refractivity contribution in [3.8, 4) is 0 Å². The van der Waals surface area contributed by atoms with Crippen molar-refractivity contribution in [3.05, 3.63) is 0 Å². The van der Waals surface area contributed by atoms with Crippen molar-refractivity contribution in [3.63, 3.8) is 0 Å². The van der Waals surface area contributed by atoms with Crippen molar-refractivity contribution in [2.45, 2.75) is 0 Å². The maximum atomic E-state index is 9.66. The summed E-state index contributed by atoms with van der Waals surface area (Å²) in [5.41, 5.74) is 0. The third kappa shape index (κ3) is 1.41. The van der Waals surface area contributed by atoms with Crippen LogP contribution in [0.4, 0.5) is 0 Å². The zero-order chi connectivity index (χ0) is 5.82. The van der Waals surface area contributed by atoms with E-state index in [9.17, 15) is 5.26 Å². The van der Waals surface area contributed by atoms with Crippen molar-refractivity contribution in [1.29, 1.82) is 0 Å². The van der Waals surface area contributed by atoms with E-state index in [0.717, 1.165) is 0 Å². The maximum absolute atomic E-state index is 9.66. The van der Waals surface area contributed by atoms with Crippen LogP contribution in [0.3, 0.4) is 0 Å². The molecule has 1 aliphatic rings. The molecule has 1 fully saturated rings. The molecule has 4 heteroatoms. The molecular weight excluding hydrogens is 110 g/mol. The highest BCUT2D eigenvalue weighted by molar-refractivity contribution is 4.49. The van der Waals surface area contributed by atoms with Crippen LogP contribution < -0.4 is 0 Å². The van der Waals surface area contributed by atoms with E-state index in [1.165, 1.54) is 5.06 Å². The second-order valence-electron chi connectivity index (χ2n) is 1.62. The lowest BCUT2D eigenvalue weighted by Crippen LogP contribution is -2.34. The Kier molecular flexibility index (Phi) is 2.23. The Labute approximate surface area is 47.5 Å². The van der Waals surface area contributed by atoms with Crippen LogP contribution in [-0.4, -0.2) is 31.4 Å². The average Bonchev–Trinajstić information content (AvgIpc) is 1.90. The molecule has 47 valence electrons. The first kappa shape index (κ1) is 5.97. The molecule has 0 aromatic rings. The summed E-state index contributed by atoms with van der Waals surface area (Å²) < 4.78 is 4.94. The van der Waals surface area contributed by atoms with Crippen LogP contribution in [0.5, 0.6) is 0 Å². The largest absolute Gasteiger partial charge is 0.379 e. The lowest BCUT2D eigenvalue weighted by atomic mass is 10.5. The van der Waals surface area contributed by atoms with Gasteiger partial charge in [0.05, 0.1) is 26.3 Å². The highest BCUT2D eigenvalue weighted by Crippen LogP contribution is 1.94. The van der Waals surface area contributed by atoms with Crippen molar-refractivity contribution < 1.29 is 15.0 Å². The average molecular weight is 118 g/mol. The van der Waals surface area contributed by atoms with Crippen LogP contribution in [-0.2, 0) is 15.0 Å². The highest BCUT2D eigenvalue weighted by atomic mass is 17.2. The van der Waals surface area contributed by atoms with E-state index in [-0.39, 0.29) is 0 Å². The highest BCUT2D eigenvalue weighted by Gasteiger charge is 2.09. The van der Waals surface area contributed by atoms with Crippen molar-refractivity contribution in [2.24, 2.45) is 0 Å². The van der Waals surface area contributed by atoms with Crippen LogP contribution >= 0.6 is 0 Å². The Morgan fingerprint density at radius 1 is 1.38 bits per heavy atom. The lowest BCUT2D eigenvalue weighted by Gasteiger charge is -2.20. The molecule has 0 amide bonds. The Bertz CT molecular complexity index is 62.3. The number of nitrogens with zero attached hydrogens (tertiary/aromatic N) is 1. The first-order chi connectivity index (χ1) is 3.93. The van der Waals surface area contributed by atoms with Crippen LogP contribution in [0, 0.1) is 0 Å². The second kappa shape index (κ2) is 2.99. The van der Waals surface area contributed by atoms with Gasteiger partial charge in [-0.05, 0) is 5.26 Å². The first-order valence-corrected chi connectivity index (χ1v) is 2.56. The lowest BCUT2D eigenvalue weighted by molar-refractivity contribution is -0.447. The summed E-state index contributed by atoms with van der Waals surface area (Å²) in [6.07, 6.45) is 0. The standard InChI is InChI=1S/C4H8NO3/c6-8-5-1-3-7-4-2-5/h1-4H2. The molecule has 0 aromatic heterocycles. The molecule has 1 heterocycles. The molecule has 1 saturated heterocycles. The molecular formula is C4H8NO3. The van der Waals surface area contributed by atoms with Gasteiger partial charge in [0.15, 0.2) is 0 Å². The van der Waals surface area contributed by atoms with E-state index in [2.05, 4.69) is 4.99 Å². The van der Waals surface area contributed by atoms with Gasteiger partial charge in [-0.1, -0.05) is 0 Å². The van der Waals surface area contributed by atoms with Crippen LogP contribution in [0.25, 0.3) is 0 Å². The molecule has 0 saturated carbocycles. The number of hydroxylamine groups is 2. The molecule has 1 rings (SSSR count). The summed E-state index contributed by atoms with van der Waals surface area (Å²) >= 11 is 0. The Morgan fingerprint density at radius 3 is 2.38 bits per heavy atom. The predicted octanol–water partition coefficient (Wildman–Crippen LogP) is -0.404. The summed E-state index contributed by atoms with van der Waals surface area (Å²) in [5.74, 6) is 0. The molecule has 0 bridgehead atoms. The number of hydrogen-bond acceptors (Lipinski definition) is 3. The maximum Gasteiger partial charge on any atom is 0.0618 e. The Balaban J connectivity index is 2.13. The Morgan fingerprint density at radius 2 is 2.00 bits per heavy atom. The molecule has 1 radical (unpaired) electrons. The van der Waals surface area contributed by atoms with Gasteiger partial charge in [-0.3, -0.25) is 0 Å². The Hall–Kier alpha value is -0.160. The van der Waals surface area contributed by atoms with Gasteiger partial charge in [0, 0.05) is 0 Å². The predicted molar refractivity (Wildman–Crippen MR) is 24.2 cm³/mol. The minimum Gasteiger partial charge on any atom is -0.379 e. The molecule has 0 spiro atoms. The second-order valence-corrected chi connectivity index (χ2v) is 1.62. The fourth-order valence-corrected chi connectivity index (χ4v) is 0.621. The van der Waals surface area contributed by atoms with E-state index in [1.54, 1.807) is 0 Å². The summed E-state index contributed by atoms with van der Waals surface area (Å²) in [6, 6.07) is 0. The van der Waals surface area contributed by atoms with Crippen molar-refractivity contribution in [1.82, 2.24) is 5.06 Å². The number of rotatable bonds is 1. The van der Waals surface area contributed by atoms with E-state index >= 15 is 0 Å². The monoisotopic (exact) mass is 118 g/mol. The van der Waals surface area contributed by atoms with Gasteiger partial charge in [-0.15, -0.1) is 10.1 Å². The van der Waals surface area contributed by atoms with E-state index in [0.29, 0.717) is 26.3 Å². The van der Waals surface area contributed by atoms with Crippen LogP contribution in [0.1, 0.15) is 0 Å². The molecule has 0 unspecified atom stereocenters. The summed E-state index contributed by atoms with van der Waals surface area (Å²) in [5, 5.41) is 11.0. The van der Waals surface area contributed by atoms with Crippen molar-refractivity contribution >= 4 is 0 Å². The molecule has 0 N–H and O–H groups in total. The SMILES string of the molecule is [O]ON1CCOCC1. The van der Waals surface area contributed by atoms with Gasteiger partial charge in [-0.2, -0.15) is 0 Å². The van der Waals surface area contributed by atoms with Crippen LogP contribution in [0.15, 0.2) is 0 Å². The smallest absolute Gasteiger partial charge is 0.0618 e. The van der Waals surface area contributed by atoms with Gasteiger partial charge < -0.3 is 4.74 Å². The fourth-order valence-electron chi connectivity index (χ4n) is 0.621. The van der Waals surface area contributed by atoms with Gasteiger partial charge in [-0.25, -0.2) is 0 Å². The molecule has 8 heavy (non-hydrogen) atoms. The first-order valence-electron chi connectivity index (χ1n) is 2.56. The molecule has 1 aliphatic heterocycles. The molecule has 4 nitrogen and oxygen atoms in total. The minimum atomic E-state index is 0.587. The topological polar surface area (TPSA) is 41.6 Å². The van der Waals surface area contributed by atoms with E-state index < -0.39 is 0 Å². The van der Waals surface area contributed by atoms with Gasteiger partial charge in [0.1, 0.15) is 0 Å².